The van der Waals surface area contributed by atoms with Gasteiger partial charge in [0.2, 0.25) is 0 Å². The minimum atomic E-state index is -0.125. The molecule has 2 heterocycles. The summed E-state index contributed by atoms with van der Waals surface area (Å²) in [6.45, 7) is 0.675. The van der Waals surface area contributed by atoms with Crippen LogP contribution >= 0.6 is 11.3 Å². The van der Waals surface area contributed by atoms with Crippen LogP contribution in [0.25, 0.3) is 10.2 Å². The Morgan fingerprint density at radius 2 is 1.88 bits per heavy atom. The summed E-state index contributed by atoms with van der Waals surface area (Å²) in [4.78, 5) is 12.0. The number of fused-ring (bicyclic) bond motifs is 1. The number of rotatable bonds is 7. The Kier molecular flexibility index (Phi) is 4.86. The van der Waals surface area contributed by atoms with E-state index in [1.54, 1.807) is 17.7 Å². The van der Waals surface area contributed by atoms with Crippen LogP contribution in [0.3, 0.4) is 0 Å². The van der Waals surface area contributed by atoms with Gasteiger partial charge in [-0.1, -0.05) is 42.5 Å². The number of imidazole rings is 1. The van der Waals surface area contributed by atoms with Gasteiger partial charge in [0.05, 0.1) is 16.5 Å². The van der Waals surface area contributed by atoms with Gasteiger partial charge in [0.25, 0.3) is 0 Å². The molecule has 1 unspecified atom stereocenters. The predicted molar refractivity (Wildman–Crippen MR) is 101 cm³/mol. The normalized spacial score (nSPS) is 12.5. The van der Waals surface area contributed by atoms with E-state index >= 15 is 0 Å². The highest BCUT2D eigenvalue weighted by Gasteiger charge is 2.19. The van der Waals surface area contributed by atoms with Crippen molar-refractivity contribution in [2.75, 3.05) is 6.61 Å². The number of aromatic nitrogens is 3. The van der Waals surface area contributed by atoms with Crippen molar-refractivity contribution in [3.8, 4) is 0 Å². The van der Waals surface area contributed by atoms with Crippen molar-refractivity contribution in [2.45, 2.75) is 18.9 Å². The molecule has 0 aliphatic rings. The number of para-hydroxylation sites is 1. The Bertz CT molecular complexity index is 885. The lowest BCUT2D eigenvalue weighted by atomic mass is 10.1. The van der Waals surface area contributed by atoms with Crippen LogP contribution in [0.2, 0.25) is 0 Å². The van der Waals surface area contributed by atoms with Gasteiger partial charge in [-0.05, 0) is 30.5 Å². The summed E-state index contributed by atoms with van der Waals surface area (Å²) < 4.78 is 7.45. The van der Waals surface area contributed by atoms with Gasteiger partial charge in [-0.2, -0.15) is 0 Å². The van der Waals surface area contributed by atoms with E-state index in [2.05, 4.69) is 34.2 Å². The first-order chi connectivity index (χ1) is 12.4. The number of nitrogens with zero attached hydrogens (tertiary/aromatic N) is 2. The molecule has 1 N–H and O–H groups in total. The number of H-pyrrole nitrogens is 1. The molecule has 2 aromatic carbocycles. The van der Waals surface area contributed by atoms with Crippen LogP contribution in [-0.2, 0) is 11.2 Å². The Morgan fingerprint density at radius 3 is 2.68 bits per heavy atom. The van der Waals surface area contributed by atoms with E-state index in [9.17, 15) is 0 Å². The van der Waals surface area contributed by atoms with Crippen molar-refractivity contribution in [3.63, 3.8) is 0 Å². The maximum Gasteiger partial charge on any atom is 0.134 e. The highest BCUT2D eigenvalue weighted by molar-refractivity contribution is 7.18. The SMILES string of the molecule is c1ccc(C(OCCCc2cnc[nH]2)c2nc3ccccc3s2)cc1. The molecule has 126 valence electrons. The van der Waals surface area contributed by atoms with E-state index in [0.29, 0.717) is 6.61 Å². The number of aryl methyl sites for hydroxylation is 1. The summed E-state index contributed by atoms with van der Waals surface area (Å²) in [6, 6.07) is 18.6. The summed E-state index contributed by atoms with van der Waals surface area (Å²) in [5, 5.41) is 1.01. The standard InChI is InChI=1S/C20H19N3OS/c1-2-7-15(8-3-1)19(24-12-6-9-16-13-21-14-22-16)20-23-17-10-4-5-11-18(17)25-20/h1-5,7-8,10-11,13-14,19H,6,9,12H2,(H,21,22). The van der Waals surface area contributed by atoms with Crippen molar-refractivity contribution in [1.82, 2.24) is 15.0 Å². The Hall–Kier alpha value is -2.50. The number of aromatic amines is 1. The number of hydrogen-bond acceptors (Lipinski definition) is 4. The number of nitrogens with one attached hydrogen (secondary N) is 1. The molecular weight excluding hydrogens is 330 g/mol. The average Bonchev–Trinajstić information content (AvgIpc) is 3.31. The fourth-order valence-electron chi connectivity index (χ4n) is 2.83. The second kappa shape index (κ2) is 7.59. The van der Waals surface area contributed by atoms with Crippen LogP contribution in [0.4, 0.5) is 0 Å². The largest absolute Gasteiger partial charge is 0.366 e. The van der Waals surface area contributed by atoms with Crippen molar-refractivity contribution < 1.29 is 4.74 Å². The van der Waals surface area contributed by atoms with E-state index in [1.165, 1.54) is 4.70 Å². The quantitative estimate of drug-likeness (QED) is 0.490. The second-order valence-corrected chi connectivity index (χ2v) is 6.92. The fourth-order valence-corrected chi connectivity index (χ4v) is 3.87. The lowest BCUT2D eigenvalue weighted by molar-refractivity contribution is 0.0782. The van der Waals surface area contributed by atoms with E-state index < -0.39 is 0 Å². The van der Waals surface area contributed by atoms with E-state index in [4.69, 9.17) is 9.72 Å². The first-order valence-electron chi connectivity index (χ1n) is 8.39. The van der Waals surface area contributed by atoms with Gasteiger partial charge in [0.15, 0.2) is 0 Å². The highest BCUT2D eigenvalue weighted by Crippen LogP contribution is 2.32. The minimum absolute atomic E-state index is 0.125. The maximum atomic E-state index is 6.26. The molecule has 0 bridgehead atoms. The smallest absolute Gasteiger partial charge is 0.134 e. The van der Waals surface area contributed by atoms with Crippen LogP contribution in [0.1, 0.15) is 28.8 Å². The highest BCUT2D eigenvalue weighted by atomic mass is 32.1. The molecule has 4 nitrogen and oxygen atoms in total. The van der Waals surface area contributed by atoms with Gasteiger partial charge < -0.3 is 9.72 Å². The fraction of sp³-hybridized carbons (Fsp3) is 0.200. The molecule has 4 rings (SSSR count). The molecule has 0 radical (unpaired) electrons. The van der Waals surface area contributed by atoms with Crippen LogP contribution in [0.15, 0.2) is 67.1 Å². The van der Waals surface area contributed by atoms with Crippen molar-refractivity contribution in [3.05, 3.63) is 83.4 Å². The second-order valence-electron chi connectivity index (χ2n) is 5.86. The van der Waals surface area contributed by atoms with Gasteiger partial charge in [-0.15, -0.1) is 11.3 Å². The van der Waals surface area contributed by atoms with Crippen molar-refractivity contribution in [1.29, 1.82) is 0 Å². The van der Waals surface area contributed by atoms with Crippen LogP contribution in [0, 0.1) is 0 Å². The van der Waals surface area contributed by atoms with Gasteiger partial charge in [-0.3, -0.25) is 0 Å². The zero-order valence-corrected chi connectivity index (χ0v) is 14.6. The van der Waals surface area contributed by atoms with Gasteiger partial charge in [0, 0.05) is 18.5 Å². The first kappa shape index (κ1) is 16.0. The summed E-state index contributed by atoms with van der Waals surface area (Å²) in [6.07, 6.45) is 5.32. The van der Waals surface area contributed by atoms with Gasteiger partial charge in [-0.25, -0.2) is 9.97 Å². The molecule has 0 fully saturated rings. The van der Waals surface area contributed by atoms with Crippen LogP contribution in [0.5, 0.6) is 0 Å². The Morgan fingerprint density at radius 1 is 1.04 bits per heavy atom. The Labute approximate surface area is 150 Å². The molecular formula is C20H19N3OS. The number of ether oxygens (including phenoxy) is 1. The molecule has 1 atom stereocenters. The van der Waals surface area contributed by atoms with E-state index in [0.717, 1.165) is 34.6 Å². The topological polar surface area (TPSA) is 50.8 Å². The number of benzene rings is 2. The predicted octanol–water partition coefficient (Wildman–Crippen LogP) is 4.76. The molecule has 5 heteroatoms. The van der Waals surface area contributed by atoms with Crippen molar-refractivity contribution >= 4 is 21.6 Å². The molecule has 4 aromatic rings. The van der Waals surface area contributed by atoms with Gasteiger partial charge >= 0.3 is 0 Å². The molecule has 0 saturated heterocycles. The summed E-state index contributed by atoms with van der Waals surface area (Å²) in [5.74, 6) is 0. The minimum Gasteiger partial charge on any atom is -0.366 e. The van der Waals surface area contributed by atoms with Crippen molar-refractivity contribution in [2.24, 2.45) is 0 Å². The molecule has 0 saturated carbocycles. The van der Waals surface area contributed by atoms with E-state index in [1.807, 2.05) is 36.5 Å². The summed E-state index contributed by atoms with van der Waals surface area (Å²) >= 11 is 1.70. The van der Waals surface area contributed by atoms with E-state index in [-0.39, 0.29) is 6.10 Å². The zero-order valence-electron chi connectivity index (χ0n) is 13.8. The zero-order chi connectivity index (χ0) is 16.9. The molecule has 25 heavy (non-hydrogen) atoms. The summed E-state index contributed by atoms with van der Waals surface area (Å²) in [7, 11) is 0. The molecule has 0 amide bonds. The molecule has 0 aliphatic heterocycles. The number of hydrogen-bond donors (Lipinski definition) is 1. The monoisotopic (exact) mass is 349 g/mol. The maximum absolute atomic E-state index is 6.26. The third kappa shape index (κ3) is 3.78. The average molecular weight is 349 g/mol. The first-order valence-corrected chi connectivity index (χ1v) is 9.21. The third-order valence-electron chi connectivity index (χ3n) is 4.07. The summed E-state index contributed by atoms with van der Waals surface area (Å²) in [5.41, 5.74) is 3.31. The van der Waals surface area contributed by atoms with Crippen LogP contribution < -0.4 is 0 Å². The molecule has 0 spiro atoms. The van der Waals surface area contributed by atoms with Gasteiger partial charge in [0.1, 0.15) is 11.1 Å². The Balaban J connectivity index is 1.52. The lowest BCUT2D eigenvalue weighted by Crippen LogP contribution is -2.08. The number of thiazole rings is 1. The third-order valence-corrected chi connectivity index (χ3v) is 5.15. The van der Waals surface area contributed by atoms with Crippen LogP contribution in [-0.4, -0.2) is 21.6 Å². The molecule has 2 aromatic heterocycles. The lowest BCUT2D eigenvalue weighted by Gasteiger charge is -2.16. The molecule has 0 aliphatic carbocycles.